The smallest absolute Gasteiger partial charge is 0.320 e. The van der Waals surface area contributed by atoms with Gasteiger partial charge in [0.15, 0.2) is 0 Å². The predicted molar refractivity (Wildman–Crippen MR) is 145 cm³/mol. The van der Waals surface area contributed by atoms with E-state index in [-0.39, 0.29) is 29.0 Å². The maximum Gasteiger partial charge on any atom is 0.416 e. The Hall–Kier alpha value is -3.20. The number of hydrogen-bond acceptors (Lipinski definition) is 4. The third-order valence-corrected chi connectivity index (χ3v) is 9.71. The van der Waals surface area contributed by atoms with Crippen LogP contribution in [0, 0.1) is 11.3 Å². The Balaban J connectivity index is 1.23. The number of halogens is 3. The summed E-state index contributed by atoms with van der Waals surface area (Å²) in [5.41, 5.74) is 1.83. The third-order valence-electron chi connectivity index (χ3n) is 9.71. The van der Waals surface area contributed by atoms with Crippen molar-refractivity contribution < 1.29 is 18.0 Å². The minimum atomic E-state index is -4.53. The van der Waals surface area contributed by atoms with E-state index in [0.29, 0.717) is 29.1 Å². The van der Waals surface area contributed by atoms with Crippen LogP contribution < -0.4 is 4.90 Å². The SMILES string of the molecule is C[C@H]1CCCN(Cc2cc3c(c(C(F)(F)F)c2)CN(c2cccc(C4(c5nncn5C)CC5(CC5)C4)c2)C3=O)C1. The fourth-order valence-corrected chi connectivity index (χ4v) is 7.65. The van der Waals surface area contributed by atoms with E-state index in [2.05, 4.69) is 28.1 Å². The van der Waals surface area contributed by atoms with Gasteiger partial charge in [-0.3, -0.25) is 9.69 Å². The zero-order valence-electron chi connectivity index (χ0n) is 23.0. The van der Waals surface area contributed by atoms with Crippen molar-refractivity contribution in [2.24, 2.45) is 18.4 Å². The van der Waals surface area contributed by atoms with Gasteiger partial charge in [-0.05, 0) is 97.4 Å². The lowest BCUT2D eigenvalue weighted by molar-refractivity contribution is -0.138. The van der Waals surface area contributed by atoms with E-state index in [1.165, 1.54) is 23.8 Å². The number of likely N-dealkylation sites (tertiary alicyclic amines) is 1. The molecule has 2 aliphatic carbocycles. The van der Waals surface area contributed by atoms with Crippen LogP contribution in [0.2, 0.25) is 0 Å². The van der Waals surface area contributed by atoms with Crippen LogP contribution in [0.15, 0.2) is 42.7 Å². The van der Waals surface area contributed by atoms with E-state index in [0.717, 1.165) is 50.2 Å². The molecule has 1 atom stereocenters. The van der Waals surface area contributed by atoms with E-state index >= 15 is 0 Å². The molecule has 40 heavy (non-hydrogen) atoms. The van der Waals surface area contributed by atoms with Gasteiger partial charge in [-0.25, -0.2) is 0 Å². The van der Waals surface area contributed by atoms with E-state index in [1.807, 2.05) is 29.8 Å². The summed E-state index contributed by atoms with van der Waals surface area (Å²) in [6, 6.07) is 10.7. The number of amides is 1. The van der Waals surface area contributed by atoms with E-state index < -0.39 is 11.7 Å². The minimum Gasteiger partial charge on any atom is -0.320 e. The highest BCUT2D eigenvalue weighted by Crippen LogP contribution is 2.70. The van der Waals surface area contributed by atoms with Crippen molar-refractivity contribution in [1.29, 1.82) is 0 Å². The zero-order chi connectivity index (χ0) is 27.9. The first kappa shape index (κ1) is 25.7. The Morgan fingerprint density at radius 1 is 1.12 bits per heavy atom. The third kappa shape index (κ3) is 4.16. The van der Waals surface area contributed by atoms with Gasteiger partial charge in [-0.2, -0.15) is 13.2 Å². The molecule has 1 amide bonds. The van der Waals surface area contributed by atoms with Crippen LogP contribution in [0.5, 0.6) is 0 Å². The quantitative estimate of drug-likeness (QED) is 0.387. The van der Waals surface area contributed by atoms with Crippen molar-refractivity contribution in [3.63, 3.8) is 0 Å². The molecule has 2 saturated carbocycles. The predicted octanol–water partition coefficient (Wildman–Crippen LogP) is 6.09. The Bertz CT molecular complexity index is 1480. The highest BCUT2D eigenvalue weighted by molar-refractivity contribution is 6.10. The molecule has 6 nitrogen and oxygen atoms in total. The van der Waals surface area contributed by atoms with Crippen LogP contribution in [-0.4, -0.2) is 38.7 Å². The average molecular weight is 550 g/mol. The number of alkyl halides is 3. The number of anilines is 1. The second-order valence-electron chi connectivity index (χ2n) is 12.8. The van der Waals surface area contributed by atoms with Gasteiger partial charge >= 0.3 is 6.18 Å². The number of rotatable bonds is 5. The summed E-state index contributed by atoms with van der Waals surface area (Å²) >= 11 is 0. The first-order chi connectivity index (χ1) is 19.1. The van der Waals surface area contributed by atoms with Crippen LogP contribution in [0.1, 0.15) is 83.9 Å². The molecule has 0 bridgehead atoms. The van der Waals surface area contributed by atoms with Gasteiger partial charge in [0, 0.05) is 31.4 Å². The maximum atomic E-state index is 14.3. The topological polar surface area (TPSA) is 54.3 Å². The minimum absolute atomic E-state index is 0.0715. The number of nitrogens with zero attached hydrogens (tertiary/aromatic N) is 5. The number of carbonyl (C=O) groups is 1. The van der Waals surface area contributed by atoms with E-state index in [1.54, 1.807) is 12.4 Å². The van der Waals surface area contributed by atoms with Crippen LogP contribution in [0.25, 0.3) is 0 Å². The maximum absolute atomic E-state index is 14.3. The molecular weight excluding hydrogens is 515 g/mol. The van der Waals surface area contributed by atoms with Crippen molar-refractivity contribution in [3.8, 4) is 0 Å². The lowest BCUT2D eigenvalue weighted by atomic mass is 9.56. The molecule has 9 heteroatoms. The van der Waals surface area contributed by atoms with Gasteiger partial charge in [0.05, 0.1) is 17.5 Å². The van der Waals surface area contributed by atoms with Crippen molar-refractivity contribution in [3.05, 3.63) is 76.4 Å². The Morgan fingerprint density at radius 2 is 1.93 bits per heavy atom. The fourth-order valence-electron chi connectivity index (χ4n) is 7.65. The molecule has 4 aliphatic rings. The van der Waals surface area contributed by atoms with Gasteiger partial charge in [0.1, 0.15) is 12.2 Å². The fraction of sp³-hybridized carbons (Fsp3) is 0.516. The number of aryl methyl sites for hydroxylation is 1. The molecule has 2 aromatic carbocycles. The molecule has 1 saturated heterocycles. The number of fused-ring (bicyclic) bond motifs is 1. The Morgan fingerprint density at radius 3 is 2.60 bits per heavy atom. The van der Waals surface area contributed by atoms with Crippen LogP contribution in [-0.2, 0) is 31.7 Å². The normalized spacial score (nSPS) is 23.4. The number of carbonyl (C=O) groups excluding carboxylic acids is 1. The lowest BCUT2D eigenvalue weighted by Crippen LogP contribution is -2.45. The van der Waals surface area contributed by atoms with Crippen molar-refractivity contribution in [1.82, 2.24) is 19.7 Å². The summed E-state index contributed by atoms with van der Waals surface area (Å²) < 4.78 is 44.9. The number of aromatic nitrogens is 3. The van der Waals surface area contributed by atoms with Crippen molar-refractivity contribution in [2.45, 2.75) is 70.1 Å². The summed E-state index contributed by atoms with van der Waals surface area (Å²) in [5.74, 6) is 1.05. The van der Waals surface area contributed by atoms with Crippen LogP contribution >= 0.6 is 0 Å². The summed E-state index contributed by atoms with van der Waals surface area (Å²) in [4.78, 5) is 17.4. The molecule has 3 heterocycles. The second kappa shape index (κ2) is 8.90. The standard InChI is InChI=1S/C31H34F3N5O/c1-20-5-4-10-38(14-20)15-21-11-24-25(26(12-21)31(32,33)34)16-39(27(24)40)23-7-3-6-22(13-23)30(17-29(18-30)8-9-29)28-36-35-19-37(28)2/h3,6-7,11-13,19-20H,4-5,8-10,14-18H2,1-2H3/t20-/m0/s1. The van der Waals surface area contributed by atoms with Gasteiger partial charge in [-0.15, -0.1) is 10.2 Å². The monoisotopic (exact) mass is 549 g/mol. The number of benzene rings is 2. The molecule has 3 aromatic rings. The summed E-state index contributed by atoms with van der Waals surface area (Å²) in [6.07, 6.45) is 3.73. The molecule has 2 aliphatic heterocycles. The molecule has 0 radical (unpaired) electrons. The van der Waals surface area contributed by atoms with E-state index in [4.69, 9.17) is 0 Å². The summed E-state index contributed by atoms with van der Waals surface area (Å²) in [6.45, 7) is 4.23. The van der Waals surface area contributed by atoms with Gasteiger partial charge in [0.25, 0.3) is 5.91 Å². The molecule has 3 fully saturated rings. The first-order valence-electron chi connectivity index (χ1n) is 14.3. The van der Waals surface area contributed by atoms with Gasteiger partial charge in [-0.1, -0.05) is 19.1 Å². The first-order valence-corrected chi connectivity index (χ1v) is 14.3. The molecule has 1 spiro atoms. The van der Waals surface area contributed by atoms with Crippen LogP contribution in [0.3, 0.4) is 0 Å². The second-order valence-corrected chi connectivity index (χ2v) is 12.8. The zero-order valence-corrected chi connectivity index (χ0v) is 23.0. The Labute approximate surface area is 232 Å². The van der Waals surface area contributed by atoms with Gasteiger partial charge in [0.2, 0.25) is 0 Å². The summed E-state index contributed by atoms with van der Waals surface area (Å²) in [7, 11) is 1.94. The van der Waals surface area contributed by atoms with Crippen molar-refractivity contribution in [2.75, 3.05) is 18.0 Å². The summed E-state index contributed by atoms with van der Waals surface area (Å²) in [5, 5.41) is 8.59. The van der Waals surface area contributed by atoms with Crippen molar-refractivity contribution >= 4 is 11.6 Å². The largest absolute Gasteiger partial charge is 0.416 e. The molecule has 0 N–H and O–H groups in total. The molecule has 1 aromatic heterocycles. The highest BCUT2D eigenvalue weighted by Gasteiger charge is 2.63. The molecule has 7 rings (SSSR count). The number of piperidine rings is 1. The molecular formula is C31H34F3N5O. The Kier molecular flexibility index (Phi) is 5.73. The van der Waals surface area contributed by atoms with E-state index in [9.17, 15) is 18.0 Å². The lowest BCUT2D eigenvalue weighted by Gasteiger charge is -2.48. The number of hydrogen-bond donors (Lipinski definition) is 0. The highest BCUT2D eigenvalue weighted by atomic mass is 19.4. The van der Waals surface area contributed by atoms with Crippen LogP contribution in [0.4, 0.5) is 18.9 Å². The molecule has 210 valence electrons. The average Bonchev–Trinajstić information content (AvgIpc) is 3.46. The molecule has 0 unspecified atom stereocenters. The van der Waals surface area contributed by atoms with Gasteiger partial charge < -0.3 is 9.47 Å².